The van der Waals surface area contributed by atoms with Gasteiger partial charge in [-0.2, -0.15) is 0 Å². The first-order valence-corrected chi connectivity index (χ1v) is 6.87. The van der Waals surface area contributed by atoms with Crippen molar-refractivity contribution in [1.29, 1.82) is 0 Å². The topological polar surface area (TPSA) is 47.0 Å². The van der Waals surface area contributed by atoms with Crippen LogP contribution in [-0.4, -0.2) is 17.1 Å². The molecule has 106 valence electrons. The number of ether oxygens (including phenoxy) is 1. The Morgan fingerprint density at radius 3 is 2.81 bits per heavy atom. The summed E-state index contributed by atoms with van der Waals surface area (Å²) in [6, 6.07) is 12.1. The van der Waals surface area contributed by atoms with E-state index in [1.165, 1.54) is 0 Å². The fraction of sp³-hybridized carbons (Fsp3) is 0.176. The molecule has 0 aliphatic carbocycles. The van der Waals surface area contributed by atoms with Gasteiger partial charge in [-0.25, -0.2) is 4.98 Å². The molecule has 1 N–H and O–H groups in total. The molecule has 1 atom stereocenters. The summed E-state index contributed by atoms with van der Waals surface area (Å²) >= 11 is 0. The summed E-state index contributed by atoms with van der Waals surface area (Å²) in [7, 11) is 1.67. The third-order valence-corrected chi connectivity index (χ3v) is 3.51. The lowest BCUT2D eigenvalue weighted by molar-refractivity contribution is 0.415. The minimum absolute atomic E-state index is 0.128. The van der Waals surface area contributed by atoms with E-state index in [1.807, 2.05) is 42.7 Å². The normalized spacial score (nSPS) is 12.1. The number of methoxy groups -OCH3 is 1. The van der Waals surface area contributed by atoms with Gasteiger partial charge >= 0.3 is 0 Å². The molecule has 3 rings (SSSR count). The maximum Gasteiger partial charge on any atom is 0.134 e. The van der Waals surface area contributed by atoms with E-state index in [1.54, 1.807) is 13.3 Å². The van der Waals surface area contributed by atoms with Crippen molar-refractivity contribution in [2.75, 3.05) is 12.4 Å². The number of hydrogen-bond donors (Lipinski definition) is 1. The monoisotopic (exact) mass is 279 g/mol. The van der Waals surface area contributed by atoms with E-state index in [0.717, 1.165) is 27.9 Å². The van der Waals surface area contributed by atoms with Gasteiger partial charge in [-0.3, -0.25) is 4.98 Å². The smallest absolute Gasteiger partial charge is 0.134 e. The summed E-state index contributed by atoms with van der Waals surface area (Å²) in [5.74, 6) is 1.68. The quantitative estimate of drug-likeness (QED) is 0.789. The van der Waals surface area contributed by atoms with Crippen LogP contribution >= 0.6 is 0 Å². The Morgan fingerprint density at radius 1 is 1.14 bits per heavy atom. The number of pyridine rings is 2. The maximum atomic E-state index is 5.30. The predicted octanol–water partition coefficient (Wildman–Crippen LogP) is 3.81. The Morgan fingerprint density at radius 2 is 2.05 bits per heavy atom. The van der Waals surface area contributed by atoms with Crippen molar-refractivity contribution >= 4 is 16.6 Å². The second-order valence-corrected chi connectivity index (χ2v) is 4.90. The number of nitrogens with one attached hydrogen (secondary N) is 1. The fourth-order valence-electron chi connectivity index (χ4n) is 2.31. The average molecular weight is 279 g/mol. The molecule has 0 saturated heterocycles. The van der Waals surface area contributed by atoms with Gasteiger partial charge in [0.2, 0.25) is 0 Å². The van der Waals surface area contributed by atoms with Crippen molar-refractivity contribution in [3.8, 4) is 5.75 Å². The van der Waals surface area contributed by atoms with Crippen molar-refractivity contribution in [2.24, 2.45) is 0 Å². The van der Waals surface area contributed by atoms with Crippen LogP contribution in [0.1, 0.15) is 18.5 Å². The van der Waals surface area contributed by atoms with Crippen LogP contribution in [0.5, 0.6) is 5.75 Å². The van der Waals surface area contributed by atoms with Crippen LogP contribution < -0.4 is 10.1 Å². The van der Waals surface area contributed by atoms with E-state index in [0.29, 0.717) is 0 Å². The van der Waals surface area contributed by atoms with Gasteiger partial charge in [0.1, 0.15) is 11.6 Å². The van der Waals surface area contributed by atoms with Crippen LogP contribution in [0, 0.1) is 0 Å². The molecule has 0 amide bonds. The summed E-state index contributed by atoms with van der Waals surface area (Å²) in [4.78, 5) is 8.62. The molecule has 0 fully saturated rings. The van der Waals surface area contributed by atoms with Gasteiger partial charge in [0.05, 0.1) is 13.2 Å². The Labute approximate surface area is 123 Å². The van der Waals surface area contributed by atoms with Gasteiger partial charge < -0.3 is 10.1 Å². The molecule has 0 aliphatic heterocycles. The zero-order chi connectivity index (χ0) is 14.7. The number of aromatic nitrogens is 2. The van der Waals surface area contributed by atoms with Crippen molar-refractivity contribution in [3.05, 3.63) is 60.6 Å². The lowest BCUT2D eigenvalue weighted by atomic mass is 10.1. The van der Waals surface area contributed by atoms with Crippen LogP contribution in [0.25, 0.3) is 10.8 Å². The first-order chi connectivity index (χ1) is 10.3. The van der Waals surface area contributed by atoms with Gasteiger partial charge in [-0.05, 0) is 42.1 Å². The van der Waals surface area contributed by atoms with Gasteiger partial charge in [0.25, 0.3) is 0 Å². The van der Waals surface area contributed by atoms with Crippen LogP contribution in [0.3, 0.4) is 0 Å². The minimum atomic E-state index is 0.128. The Kier molecular flexibility index (Phi) is 3.69. The van der Waals surface area contributed by atoms with Crippen molar-refractivity contribution in [3.63, 3.8) is 0 Å². The summed E-state index contributed by atoms with van der Waals surface area (Å²) in [5, 5.41) is 5.63. The number of fused-ring (bicyclic) bond motifs is 1. The molecule has 0 radical (unpaired) electrons. The fourth-order valence-corrected chi connectivity index (χ4v) is 2.31. The molecular weight excluding hydrogens is 262 g/mol. The van der Waals surface area contributed by atoms with E-state index >= 15 is 0 Å². The molecule has 0 aliphatic rings. The number of benzene rings is 1. The second kappa shape index (κ2) is 5.79. The number of hydrogen-bond acceptors (Lipinski definition) is 4. The summed E-state index contributed by atoms with van der Waals surface area (Å²) in [6.07, 6.45) is 5.45. The zero-order valence-corrected chi connectivity index (χ0v) is 12.1. The van der Waals surface area contributed by atoms with Gasteiger partial charge in [-0.1, -0.05) is 12.1 Å². The molecular formula is C17H17N3O. The van der Waals surface area contributed by atoms with Gasteiger partial charge in [0, 0.05) is 24.0 Å². The molecule has 3 aromatic rings. The molecule has 21 heavy (non-hydrogen) atoms. The second-order valence-electron chi connectivity index (χ2n) is 4.90. The molecule has 0 saturated carbocycles. The van der Waals surface area contributed by atoms with Gasteiger partial charge in [-0.15, -0.1) is 0 Å². The largest absolute Gasteiger partial charge is 0.497 e. The maximum absolute atomic E-state index is 5.30. The number of rotatable bonds is 4. The standard InChI is InChI=1S/C17H17N3O/c1-12(14-4-3-8-18-11-14)20-17-16-10-15(21-2)6-5-13(16)7-9-19-17/h3-12H,1-2H3,(H,19,20). The lowest BCUT2D eigenvalue weighted by Crippen LogP contribution is -2.08. The van der Waals surface area contributed by atoms with Crippen LogP contribution in [0.2, 0.25) is 0 Å². The van der Waals surface area contributed by atoms with E-state index in [4.69, 9.17) is 4.74 Å². The van der Waals surface area contributed by atoms with E-state index in [9.17, 15) is 0 Å². The predicted molar refractivity (Wildman–Crippen MR) is 84.6 cm³/mol. The van der Waals surface area contributed by atoms with E-state index in [-0.39, 0.29) is 6.04 Å². The number of anilines is 1. The third kappa shape index (κ3) is 2.79. The third-order valence-electron chi connectivity index (χ3n) is 3.51. The molecule has 1 aromatic carbocycles. The Bertz CT molecular complexity index is 743. The zero-order valence-electron chi connectivity index (χ0n) is 12.1. The highest BCUT2D eigenvalue weighted by Crippen LogP contribution is 2.28. The number of nitrogens with zero attached hydrogens (tertiary/aromatic N) is 2. The Balaban J connectivity index is 1.96. The summed E-state index contributed by atoms with van der Waals surface area (Å²) in [5.41, 5.74) is 1.12. The molecule has 2 aromatic heterocycles. The molecule has 0 bridgehead atoms. The molecule has 1 unspecified atom stereocenters. The molecule has 4 nitrogen and oxygen atoms in total. The van der Waals surface area contributed by atoms with Crippen LogP contribution in [-0.2, 0) is 0 Å². The lowest BCUT2D eigenvalue weighted by Gasteiger charge is -2.16. The van der Waals surface area contributed by atoms with Crippen molar-refractivity contribution < 1.29 is 4.74 Å². The van der Waals surface area contributed by atoms with Crippen LogP contribution in [0.4, 0.5) is 5.82 Å². The first kappa shape index (κ1) is 13.4. The molecule has 0 spiro atoms. The summed E-state index contributed by atoms with van der Waals surface area (Å²) < 4.78 is 5.30. The van der Waals surface area contributed by atoms with Crippen molar-refractivity contribution in [2.45, 2.75) is 13.0 Å². The van der Waals surface area contributed by atoms with Gasteiger partial charge in [0.15, 0.2) is 0 Å². The average Bonchev–Trinajstić information content (AvgIpc) is 2.55. The first-order valence-electron chi connectivity index (χ1n) is 6.87. The van der Waals surface area contributed by atoms with E-state index in [2.05, 4.69) is 28.3 Å². The Hall–Kier alpha value is -2.62. The highest BCUT2D eigenvalue weighted by atomic mass is 16.5. The molecule has 2 heterocycles. The highest BCUT2D eigenvalue weighted by molar-refractivity contribution is 5.92. The molecule has 4 heteroatoms. The van der Waals surface area contributed by atoms with Crippen molar-refractivity contribution in [1.82, 2.24) is 9.97 Å². The summed E-state index contributed by atoms with van der Waals surface area (Å²) in [6.45, 7) is 2.09. The van der Waals surface area contributed by atoms with Crippen LogP contribution in [0.15, 0.2) is 55.0 Å². The SMILES string of the molecule is COc1ccc2ccnc(NC(C)c3cccnc3)c2c1. The highest BCUT2D eigenvalue weighted by Gasteiger charge is 2.09. The minimum Gasteiger partial charge on any atom is -0.497 e. The van der Waals surface area contributed by atoms with E-state index < -0.39 is 0 Å².